The summed E-state index contributed by atoms with van der Waals surface area (Å²) < 4.78 is 13.8. The number of hydrogen-bond donors (Lipinski definition) is 1. The highest BCUT2D eigenvalue weighted by molar-refractivity contribution is 5.36. The van der Waals surface area contributed by atoms with E-state index in [0.717, 1.165) is 24.2 Å². The van der Waals surface area contributed by atoms with Gasteiger partial charge in [-0.3, -0.25) is 0 Å². The highest BCUT2D eigenvalue weighted by Gasteiger charge is 2.19. The van der Waals surface area contributed by atoms with Crippen LogP contribution in [-0.4, -0.2) is 13.1 Å². The second-order valence-corrected chi connectivity index (χ2v) is 5.41. The van der Waals surface area contributed by atoms with E-state index in [1.807, 2.05) is 6.92 Å². The van der Waals surface area contributed by atoms with Crippen LogP contribution < -0.4 is 5.32 Å². The Morgan fingerprint density at radius 3 is 2.47 bits per heavy atom. The molecule has 0 aromatic heterocycles. The van der Waals surface area contributed by atoms with Gasteiger partial charge in [-0.15, -0.1) is 0 Å². The first kappa shape index (κ1) is 12.6. The molecule has 1 aliphatic rings. The summed E-state index contributed by atoms with van der Waals surface area (Å²) in [6.45, 7) is 8.31. The maximum absolute atomic E-state index is 13.8. The highest BCUT2D eigenvalue weighted by Crippen LogP contribution is 2.31. The molecule has 1 aromatic carbocycles. The van der Waals surface area contributed by atoms with Crippen LogP contribution in [0, 0.1) is 12.7 Å². The standard InChI is InChI=1S/C15H22FN/c1-10(2)13-9-14(11(3)8-15(13)16)12-4-6-17-7-5-12/h8-10,12,17H,4-7H2,1-3H3. The second kappa shape index (κ2) is 5.18. The van der Waals surface area contributed by atoms with Crippen molar-refractivity contribution in [1.29, 1.82) is 0 Å². The fourth-order valence-electron chi connectivity index (χ4n) is 2.72. The van der Waals surface area contributed by atoms with Crippen LogP contribution in [0.3, 0.4) is 0 Å². The summed E-state index contributed by atoms with van der Waals surface area (Å²) in [5.41, 5.74) is 3.33. The number of hydrogen-bond acceptors (Lipinski definition) is 1. The number of piperidine rings is 1. The fraction of sp³-hybridized carbons (Fsp3) is 0.600. The van der Waals surface area contributed by atoms with Gasteiger partial charge in [0.25, 0.3) is 0 Å². The van der Waals surface area contributed by atoms with Crippen molar-refractivity contribution in [2.75, 3.05) is 13.1 Å². The van der Waals surface area contributed by atoms with E-state index in [2.05, 4.69) is 25.2 Å². The van der Waals surface area contributed by atoms with Gasteiger partial charge in [-0.25, -0.2) is 4.39 Å². The lowest BCUT2D eigenvalue weighted by molar-refractivity contribution is 0.457. The normalized spacial score (nSPS) is 17.7. The van der Waals surface area contributed by atoms with Gasteiger partial charge in [0.05, 0.1) is 0 Å². The van der Waals surface area contributed by atoms with Crippen LogP contribution in [0.1, 0.15) is 55.2 Å². The Kier molecular flexibility index (Phi) is 3.82. The molecule has 0 aliphatic carbocycles. The first-order valence-corrected chi connectivity index (χ1v) is 6.60. The predicted molar refractivity (Wildman–Crippen MR) is 70.1 cm³/mol. The van der Waals surface area contributed by atoms with E-state index >= 15 is 0 Å². The molecule has 2 rings (SSSR count). The van der Waals surface area contributed by atoms with Gasteiger partial charge in [0.2, 0.25) is 0 Å². The smallest absolute Gasteiger partial charge is 0.126 e. The third kappa shape index (κ3) is 2.68. The minimum atomic E-state index is -0.0461. The molecule has 94 valence electrons. The summed E-state index contributed by atoms with van der Waals surface area (Å²) in [6.07, 6.45) is 2.34. The molecular weight excluding hydrogens is 213 g/mol. The molecule has 1 fully saturated rings. The van der Waals surface area contributed by atoms with Gasteiger partial charge in [0, 0.05) is 0 Å². The Morgan fingerprint density at radius 1 is 1.24 bits per heavy atom. The summed E-state index contributed by atoms with van der Waals surface area (Å²) in [5, 5.41) is 3.38. The molecule has 1 N–H and O–H groups in total. The maximum atomic E-state index is 13.8. The molecule has 1 heterocycles. The van der Waals surface area contributed by atoms with Crippen molar-refractivity contribution in [3.63, 3.8) is 0 Å². The average Bonchev–Trinajstić information content (AvgIpc) is 2.29. The molecule has 1 aliphatic heterocycles. The van der Waals surface area contributed by atoms with E-state index in [1.165, 1.54) is 18.4 Å². The van der Waals surface area contributed by atoms with E-state index in [9.17, 15) is 4.39 Å². The first-order chi connectivity index (χ1) is 8.09. The van der Waals surface area contributed by atoms with Crippen LogP contribution in [0.5, 0.6) is 0 Å². The quantitative estimate of drug-likeness (QED) is 0.823. The molecule has 1 saturated heterocycles. The van der Waals surface area contributed by atoms with Gasteiger partial charge in [-0.05, 0) is 67.4 Å². The van der Waals surface area contributed by atoms with Crippen LogP contribution in [0.15, 0.2) is 12.1 Å². The third-order valence-corrected chi connectivity index (χ3v) is 3.79. The molecule has 2 heteroatoms. The molecule has 0 saturated carbocycles. The Bertz CT molecular complexity index is 392. The van der Waals surface area contributed by atoms with E-state index in [0.29, 0.717) is 5.92 Å². The molecule has 0 spiro atoms. The van der Waals surface area contributed by atoms with Crippen molar-refractivity contribution in [2.45, 2.75) is 45.4 Å². The Hall–Kier alpha value is -0.890. The first-order valence-electron chi connectivity index (χ1n) is 6.60. The number of nitrogens with one attached hydrogen (secondary N) is 1. The van der Waals surface area contributed by atoms with E-state index < -0.39 is 0 Å². The van der Waals surface area contributed by atoms with Gasteiger partial charge in [0.1, 0.15) is 5.82 Å². The zero-order valence-electron chi connectivity index (χ0n) is 11.0. The van der Waals surface area contributed by atoms with Crippen molar-refractivity contribution in [3.05, 3.63) is 34.6 Å². The molecule has 0 bridgehead atoms. The highest BCUT2D eigenvalue weighted by atomic mass is 19.1. The number of halogens is 1. The molecule has 0 atom stereocenters. The van der Waals surface area contributed by atoms with Gasteiger partial charge >= 0.3 is 0 Å². The summed E-state index contributed by atoms with van der Waals surface area (Å²) in [4.78, 5) is 0. The molecule has 1 nitrogen and oxygen atoms in total. The van der Waals surface area contributed by atoms with Crippen LogP contribution in [0.4, 0.5) is 4.39 Å². The van der Waals surface area contributed by atoms with E-state index in [4.69, 9.17) is 0 Å². The number of aryl methyl sites for hydroxylation is 1. The molecule has 0 unspecified atom stereocenters. The van der Waals surface area contributed by atoms with Gasteiger partial charge in [-0.1, -0.05) is 19.9 Å². The molecule has 1 aromatic rings. The van der Waals surface area contributed by atoms with Crippen LogP contribution in [-0.2, 0) is 0 Å². The van der Waals surface area contributed by atoms with Crippen LogP contribution >= 0.6 is 0 Å². The summed E-state index contributed by atoms with van der Waals surface area (Å²) >= 11 is 0. The lowest BCUT2D eigenvalue weighted by atomic mass is 9.85. The predicted octanol–water partition coefficient (Wildman–Crippen LogP) is 3.72. The van der Waals surface area contributed by atoms with Gasteiger partial charge in [0.15, 0.2) is 0 Å². The second-order valence-electron chi connectivity index (χ2n) is 5.41. The van der Waals surface area contributed by atoms with Crippen molar-refractivity contribution in [2.24, 2.45) is 0 Å². The Balaban J connectivity index is 2.35. The Labute approximate surface area is 103 Å². The third-order valence-electron chi connectivity index (χ3n) is 3.79. The van der Waals surface area contributed by atoms with Gasteiger partial charge < -0.3 is 5.32 Å². The van der Waals surface area contributed by atoms with Gasteiger partial charge in [-0.2, -0.15) is 0 Å². The van der Waals surface area contributed by atoms with E-state index in [-0.39, 0.29) is 11.7 Å². The zero-order valence-corrected chi connectivity index (χ0v) is 11.0. The fourth-order valence-corrected chi connectivity index (χ4v) is 2.72. The topological polar surface area (TPSA) is 12.0 Å². The van der Waals surface area contributed by atoms with Crippen molar-refractivity contribution in [1.82, 2.24) is 5.32 Å². The monoisotopic (exact) mass is 235 g/mol. The minimum absolute atomic E-state index is 0.0461. The molecule has 17 heavy (non-hydrogen) atoms. The summed E-state index contributed by atoms with van der Waals surface area (Å²) in [5.74, 6) is 0.820. The SMILES string of the molecule is Cc1cc(F)c(C(C)C)cc1C1CCNCC1. The summed E-state index contributed by atoms with van der Waals surface area (Å²) in [6, 6.07) is 3.82. The molecule has 0 amide bonds. The van der Waals surface area contributed by atoms with Crippen molar-refractivity contribution < 1.29 is 4.39 Å². The van der Waals surface area contributed by atoms with Crippen molar-refractivity contribution >= 4 is 0 Å². The number of benzene rings is 1. The van der Waals surface area contributed by atoms with Crippen molar-refractivity contribution in [3.8, 4) is 0 Å². The largest absolute Gasteiger partial charge is 0.317 e. The number of rotatable bonds is 2. The van der Waals surface area contributed by atoms with E-state index in [1.54, 1.807) is 6.07 Å². The lowest BCUT2D eigenvalue weighted by Crippen LogP contribution is -2.27. The minimum Gasteiger partial charge on any atom is -0.317 e. The average molecular weight is 235 g/mol. The zero-order chi connectivity index (χ0) is 12.4. The van der Waals surface area contributed by atoms with Crippen LogP contribution in [0.2, 0.25) is 0 Å². The van der Waals surface area contributed by atoms with Crippen LogP contribution in [0.25, 0.3) is 0 Å². The molecule has 0 radical (unpaired) electrons. The summed E-state index contributed by atoms with van der Waals surface area (Å²) in [7, 11) is 0. The Morgan fingerprint density at radius 2 is 1.88 bits per heavy atom. The molecular formula is C15H22FN. The lowest BCUT2D eigenvalue weighted by Gasteiger charge is -2.25. The maximum Gasteiger partial charge on any atom is 0.126 e.